The molecule has 0 bridgehead atoms. The van der Waals surface area contributed by atoms with E-state index in [0.29, 0.717) is 32.2 Å². The molecule has 2 saturated heterocycles. The Kier molecular flexibility index (Phi) is 5.82. The number of amides is 1. The second-order valence-electron chi connectivity index (χ2n) is 9.38. The van der Waals surface area contributed by atoms with E-state index in [1.54, 1.807) is 4.90 Å². The molecule has 0 aliphatic carbocycles. The molecule has 148 valence electrons. The summed E-state index contributed by atoms with van der Waals surface area (Å²) in [7, 11) is -0.374. The van der Waals surface area contributed by atoms with Crippen molar-refractivity contribution in [1.29, 1.82) is 0 Å². The Morgan fingerprint density at radius 2 is 1.85 bits per heavy atom. The van der Waals surface area contributed by atoms with E-state index in [1.165, 1.54) is 5.56 Å². The van der Waals surface area contributed by atoms with Crippen molar-refractivity contribution in [3.63, 3.8) is 0 Å². The molecule has 0 saturated carbocycles. The molecule has 2 aliphatic heterocycles. The third-order valence-electron chi connectivity index (χ3n) is 4.92. The number of aromatic nitrogens is 1. The maximum atomic E-state index is 12.2. The van der Waals surface area contributed by atoms with Gasteiger partial charge in [0.15, 0.2) is 0 Å². The number of carbonyl (C=O) groups excluding carboxylic acids is 1. The Balaban J connectivity index is 1.52. The van der Waals surface area contributed by atoms with Crippen LogP contribution in [0.5, 0.6) is 0 Å². The van der Waals surface area contributed by atoms with Crippen molar-refractivity contribution in [3.05, 3.63) is 23.9 Å². The second kappa shape index (κ2) is 7.80. The Morgan fingerprint density at radius 1 is 1.22 bits per heavy atom. The minimum atomic E-state index is -0.452. The summed E-state index contributed by atoms with van der Waals surface area (Å²) < 4.78 is 17.1. The lowest BCUT2D eigenvalue weighted by molar-refractivity contribution is 0.0204. The second-order valence-corrected chi connectivity index (χ2v) is 9.38. The van der Waals surface area contributed by atoms with Crippen LogP contribution in [0.15, 0.2) is 18.3 Å². The van der Waals surface area contributed by atoms with Crippen LogP contribution >= 0.6 is 0 Å². The molecule has 1 aromatic heterocycles. The molecule has 0 aromatic carbocycles. The Labute approximate surface area is 162 Å². The summed E-state index contributed by atoms with van der Waals surface area (Å²) in [5, 5.41) is 0. The number of hydrogen-bond acceptors (Lipinski definition) is 5. The largest absolute Gasteiger partial charge is 0.513 e. The van der Waals surface area contributed by atoms with Crippen LogP contribution in [0.4, 0.5) is 4.79 Å². The van der Waals surface area contributed by atoms with E-state index >= 15 is 0 Å². The maximum Gasteiger partial charge on any atom is 0.513 e. The molecule has 27 heavy (non-hydrogen) atoms. The van der Waals surface area contributed by atoms with E-state index in [1.807, 2.05) is 33.0 Å². The van der Waals surface area contributed by atoms with Crippen molar-refractivity contribution >= 4 is 18.8 Å². The number of likely N-dealkylation sites (tertiary alicyclic amines) is 1. The Bertz CT molecular complexity index is 639. The predicted molar refractivity (Wildman–Crippen MR) is 105 cm³/mol. The molecule has 2 aliphatic rings. The summed E-state index contributed by atoms with van der Waals surface area (Å²) in [6, 6.07) is 4.11. The van der Waals surface area contributed by atoms with Crippen LogP contribution in [0.2, 0.25) is 0 Å². The standard InChI is InChI=1S/C20H31BN2O4/c1-19(2,3)27-18(24)23-10-8-15(9-11-23)16-6-7-17(22-12-16)21-25-13-20(4,5)14-26-21/h6-7,12,15H,8-11,13-14H2,1-5H3. The van der Waals surface area contributed by atoms with Crippen molar-refractivity contribution in [2.75, 3.05) is 26.3 Å². The highest BCUT2D eigenvalue weighted by Gasteiger charge is 2.34. The maximum absolute atomic E-state index is 12.2. The van der Waals surface area contributed by atoms with Crippen LogP contribution in [0.25, 0.3) is 0 Å². The van der Waals surface area contributed by atoms with Crippen molar-refractivity contribution in [3.8, 4) is 0 Å². The average molecular weight is 374 g/mol. The Hall–Kier alpha value is -1.60. The van der Waals surface area contributed by atoms with Crippen molar-refractivity contribution < 1.29 is 18.8 Å². The molecule has 3 heterocycles. The van der Waals surface area contributed by atoms with E-state index in [4.69, 9.17) is 14.0 Å². The first-order chi connectivity index (χ1) is 12.6. The topological polar surface area (TPSA) is 60.9 Å². The molecule has 7 heteroatoms. The van der Waals surface area contributed by atoms with Crippen molar-refractivity contribution in [2.24, 2.45) is 5.41 Å². The zero-order valence-corrected chi connectivity index (χ0v) is 17.2. The smallest absolute Gasteiger partial charge is 0.444 e. The summed E-state index contributed by atoms with van der Waals surface area (Å²) in [5.41, 5.74) is 1.63. The van der Waals surface area contributed by atoms with Crippen LogP contribution in [0, 0.1) is 5.41 Å². The van der Waals surface area contributed by atoms with Gasteiger partial charge in [-0.05, 0) is 51.2 Å². The third-order valence-corrected chi connectivity index (χ3v) is 4.92. The first kappa shape index (κ1) is 20.1. The van der Waals surface area contributed by atoms with Crippen LogP contribution < -0.4 is 5.59 Å². The van der Waals surface area contributed by atoms with Crippen LogP contribution in [0.1, 0.15) is 58.9 Å². The van der Waals surface area contributed by atoms with Crippen molar-refractivity contribution in [2.45, 2.75) is 59.0 Å². The molecule has 1 aromatic rings. The molecular weight excluding hydrogens is 343 g/mol. The average Bonchev–Trinajstić information content (AvgIpc) is 2.61. The number of hydrogen-bond donors (Lipinski definition) is 0. The molecule has 6 nitrogen and oxygen atoms in total. The van der Waals surface area contributed by atoms with Gasteiger partial charge in [-0.3, -0.25) is 4.98 Å². The molecule has 0 N–H and O–H groups in total. The molecule has 1 amide bonds. The molecular formula is C20H31BN2O4. The van der Waals surface area contributed by atoms with Gasteiger partial charge in [-0.2, -0.15) is 0 Å². The van der Waals surface area contributed by atoms with Gasteiger partial charge in [-0.1, -0.05) is 19.9 Å². The fourth-order valence-electron chi connectivity index (χ4n) is 3.38. The van der Waals surface area contributed by atoms with Gasteiger partial charge < -0.3 is 18.9 Å². The van der Waals surface area contributed by atoms with Crippen LogP contribution in [0.3, 0.4) is 0 Å². The van der Waals surface area contributed by atoms with Gasteiger partial charge >= 0.3 is 13.2 Å². The number of pyridine rings is 1. The molecule has 0 atom stereocenters. The highest BCUT2D eigenvalue weighted by atomic mass is 16.6. The quantitative estimate of drug-likeness (QED) is 0.745. The zero-order valence-electron chi connectivity index (χ0n) is 17.2. The lowest BCUT2D eigenvalue weighted by Crippen LogP contribution is -2.48. The highest BCUT2D eigenvalue weighted by molar-refractivity contribution is 6.60. The fraction of sp³-hybridized carbons (Fsp3) is 0.700. The lowest BCUT2D eigenvalue weighted by atomic mass is 9.79. The van der Waals surface area contributed by atoms with Gasteiger partial charge in [0, 0.05) is 37.9 Å². The lowest BCUT2D eigenvalue weighted by Gasteiger charge is -2.34. The van der Waals surface area contributed by atoms with Gasteiger partial charge in [-0.15, -0.1) is 0 Å². The van der Waals surface area contributed by atoms with Gasteiger partial charge in [0.1, 0.15) is 5.60 Å². The fourth-order valence-corrected chi connectivity index (χ4v) is 3.38. The van der Waals surface area contributed by atoms with Crippen molar-refractivity contribution in [1.82, 2.24) is 9.88 Å². The highest BCUT2D eigenvalue weighted by Crippen LogP contribution is 2.28. The number of nitrogens with zero attached hydrogens (tertiary/aromatic N) is 2. The number of piperidine rings is 1. The van der Waals surface area contributed by atoms with Gasteiger partial charge in [0.2, 0.25) is 0 Å². The predicted octanol–water partition coefficient (Wildman–Crippen LogP) is 2.96. The van der Waals surface area contributed by atoms with Gasteiger partial charge in [0.25, 0.3) is 0 Å². The number of carbonyl (C=O) groups is 1. The molecule has 0 radical (unpaired) electrons. The van der Waals surface area contributed by atoms with Crippen LogP contribution in [-0.2, 0) is 14.0 Å². The number of ether oxygens (including phenoxy) is 1. The first-order valence-electron chi connectivity index (χ1n) is 9.80. The number of rotatable bonds is 2. The monoisotopic (exact) mass is 374 g/mol. The molecule has 2 fully saturated rings. The summed E-state index contributed by atoms with van der Waals surface area (Å²) in [5.74, 6) is 0.414. The van der Waals surface area contributed by atoms with E-state index < -0.39 is 5.60 Å². The van der Waals surface area contributed by atoms with Gasteiger partial charge in [-0.25, -0.2) is 4.79 Å². The summed E-state index contributed by atoms with van der Waals surface area (Å²) in [4.78, 5) is 18.6. The third kappa shape index (κ3) is 5.45. The van der Waals surface area contributed by atoms with Gasteiger partial charge in [0.05, 0.1) is 5.59 Å². The van der Waals surface area contributed by atoms with E-state index in [9.17, 15) is 4.79 Å². The summed E-state index contributed by atoms with van der Waals surface area (Å²) in [6.45, 7) is 12.7. The zero-order chi connectivity index (χ0) is 19.7. The normalized spacial score (nSPS) is 21.2. The SMILES string of the molecule is CC1(C)COB(c2ccc(C3CCN(C(=O)OC(C)(C)C)CC3)cn2)OC1. The van der Waals surface area contributed by atoms with Crippen LogP contribution in [-0.4, -0.2) is 55.0 Å². The van der Waals surface area contributed by atoms with E-state index in [0.717, 1.165) is 18.4 Å². The summed E-state index contributed by atoms with van der Waals surface area (Å²) in [6.07, 6.45) is 3.55. The first-order valence-corrected chi connectivity index (χ1v) is 9.80. The van der Waals surface area contributed by atoms with E-state index in [2.05, 4.69) is 24.9 Å². The minimum Gasteiger partial charge on any atom is -0.444 e. The molecule has 0 spiro atoms. The Morgan fingerprint density at radius 3 is 2.37 bits per heavy atom. The molecule has 0 unspecified atom stereocenters. The summed E-state index contributed by atoms with van der Waals surface area (Å²) >= 11 is 0. The van der Waals surface area contributed by atoms with E-state index in [-0.39, 0.29) is 18.6 Å². The molecule has 3 rings (SSSR count). The minimum absolute atomic E-state index is 0.0541.